The van der Waals surface area contributed by atoms with Crippen LogP contribution < -0.4 is 0 Å². The third-order valence-corrected chi connectivity index (χ3v) is 5.05. The summed E-state index contributed by atoms with van der Waals surface area (Å²) >= 11 is 10.1. The normalized spacial score (nSPS) is 16.2. The number of nitrogens with zero attached hydrogens (tertiary/aromatic N) is 1. The number of rotatable bonds is 3. The Morgan fingerprint density at radius 1 is 1.21 bits per heavy atom. The van der Waals surface area contributed by atoms with Crippen molar-refractivity contribution in [3.63, 3.8) is 0 Å². The molecular weight excluding hydrogens is 414 g/mol. The molecule has 4 nitrogen and oxygen atoms in total. The van der Waals surface area contributed by atoms with Gasteiger partial charge in [-0.3, -0.25) is 14.5 Å². The Kier molecular flexibility index (Phi) is 4.99. The highest BCUT2D eigenvalue weighted by Gasteiger charge is 2.35. The van der Waals surface area contributed by atoms with Gasteiger partial charge in [0.15, 0.2) is 0 Å². The van der Waals surface area contributed by atoms with Crippen LogP contribution in [0.2, 0.25) is 5.02 Å². The molecule has 2 aromatic carbocycles. The summed E-state index contributed by atoms with van der Waals surface area (Å²) in [5.74, 6) is -0.515. The van der Waals surface area contributed by atoms with Crippen LogP contribution in [0, 0.1) is 0 Å². The Hall–Kier alpha value is -1.76. The molecule has 24 heavy (non-hydrogen) atoms. The molecule has 0 unspecified atom stereocenters. The summed E-state index contributed by atoms with van der Waals surface area (Å²) in [5, 5.41) is 9.85. The Balaban J connectivity index is 1.89. The molecule has 7 heteroatoms. The molecule has 1 fully saturated rings. The molecule has 1 heterocycles. The maximum atomic E-state index is 12.5. The third-order valence-electron chi connectivity index (χ3n) is 3.40. The minimum atomic E-state index is -0.385. The van der Waals surface area contributed by atoms with Crippen LogP contribution in [-0.4, -0.2) is 21.2 Å². The minimum Gasteiger partial charge on any atom is -0.506 e. The van der Waals surface area contributed by atoms with E-state index < -0.39 is 0 Å². The van der Waals surface area contributed by atoms with Crippen molar-refractivity contribution in [1.29, 1.82) is 0 Å². The van der Waals surface area contributed by atoms with Crippen LogP contribution in [0.1, 0.15) is 11.1 Å². The fourth-order valence-corrected chi connectivity index (χ4v) is 3.90. The Morgan fingerprint density at radius 2 is 1.92 bits per heavy atom. The number of phenolic OH excluding ortho intramolecular Hbond substituents is 1. The van der Waals surface area contributed by atoms with Gasteiger partial charge < -0.3 is 5.11 Å². The van der Waals surface area contributed by atoms with E-state index in [1.165, 1.54) is 11.0 Å². The number of imide groups is 1. The third kappa shape index (κ3) is 3.50. The Bertz CT molecular complexity index is 854. The molecule has 3 rings (SSSR count). The summed E-state index contributed by atoms with van der Waals surface area (Å²) in [6, 6.07) is 12.5. The van der Waals surface area contributed by atoms with E-state index in [0.717, 1.165) is 17.3 Å². The van der Waals surface area contributed by atoms with Gasteiger partial charge in [0.25, 0.3) is 11.1 Å². The van der Waals surface area contributed by atoms with Crippen LogP contribution in [0.3, 0.4) is 0 Å². The highest BCUT2D eigenvalue weighted by Crippen LogP contribution is 2.37. The topological polar surface area (TPSA) is 57.6 Å². The molecule has 2 aromatic rings. The number of hydrogen-bond donors (Lipinski definition) is 1. The second kappa shape index (κ2) is 7.01. The van der Waals surface area contributed by atoms with Crippen LogP contribution in [0.15, 0.2) is 51.8 Å². The molecule has 0 spiro atoms. The highest BCUT2D eigenvalue weighted by atomic mass is 79.9. The number of halogens is 2. The summed E-state index contributed by atoms with van der Waals surface area (Å²) < 4.78 is 0.667. The quantitative estimate of drug-likeness (QED) is 0.701. The Labute approximate surface area is 156 Å². The SMILES string of the molecule is O=C1S/C(=C\c2cc(Br)cc(Cl)c2O)C(=O)N1Cc1ccccc1. The van der Waals surface area contributed by atoms with E-state index in [-0.39, 0.29) is 33.4 Å². The fourth-order valence-electron chi connectivity index (χ4n) is 2.24. The van der Waals surface area contributed by atoms with Gasteiger partial charge in [0.1, 0.15) is 5.75 Å². The second-order valence-electron chi connectivity index (χ2n) is 5.08. The first-order chi connectivity index (χ1) is 11.5. The molecule has 0 radical (unpaired) electrons. The van der Waals surface area contributed by atoms with E-state index in [0.29, 0.717) is 10.0 Å². The summed E-state index contributed by atoms with van der Waals surface area (Å²) in [6.07, 6.45) is 1.47. The number of phenols is 1. The maximum Gasteiger partial charge on any atom is 0.293 e. The standard InChI is InChI=1S/C17H11BrClNO3S/c18-12-6-11(15(21)13(19)8-12)7-14-16(22)20(17(23)24-14)9-10-4-2-1-3-5-10/h1-8,21H,9H2/b14-7-. The molecule has 2 amide bonds. The van der Waals surface area contributed by atoms with E-state index in [9.17, 15) is 14.7 Å². The first-order valence-corrected chi connectivity index (χ1v) is 8.92. The van der Waals surface area contributed by atoms with Gasteiger partial charge in [0.05, 0.1) is 16.5 Å². The number of carbonyl (C=O) groups is 2. The van der Waals surface area contributed by atoms with Crippen molar-refractivity contribution in [2.45, 2.75) is 6.54 Å². The van der Waals surface area contributed by atoms with Crippen LogP contribution in [0.5, 0.6) is 5.75 Å². The highest BCUT2D eigenvalue weighted by molar-refractivity contribution is 9.10. The molecular formula is C17H11BrClNO3S. The summed E-state index contributed by atoms with van der Waals surface area (Å²) in [7, 11) is 0. The first kappa shape index (κ1) is 17.1. The van der Waals surface area contributed by atoms with Crippen molar-refractivity contribution in [2.75, 3.05) is 0 Å². The lowest BCUT2D eigenvalue weighted by atomic mass is 10.1. The van der Waals surface area contributed by atoms with Gasteiger partial charge in [0, 0.05) is 10.0 Å². The molecule has 1 aliphatic rings. The molecule has 1 N–H and O–H groups in total. The van der Waals surface area contributed by atoms with Crippen molar-refractivity contribution in [3.05, 3.63) is 68.0 Å². The number of amides is 2. The zero-order chi connectivity index (χ0) is 17.3. The molecule has 0 aliphatic carbocycles. The van der Waals surface area contributed by atoms with Gasteiger partial charge in [0.2, 0.25) is 0 Å². The first-order valence-electron chi connectivity index (χ1n) is 6.93. The smallest absolute Gasteiger partial charge is 0.293 e. The number of hydrogen-bond acceptors (Lipinski definition) is 4. The molecule has 0 atom stereocenters. The minimum absolute atomic E-state index is 0.130. The number of aromatic hydroxyl groups is 1. The Morgan fingerprint density at radius 3 is 2.62 bits per heavy atom. The van der Waals surface area contributed by atoms with Crippen molar-refractivity contribution >= 4 is 56.5 Å². The molecule has 0 bridgehead atoms. The molecule has 0 saturated carbocycles. The van der Waals surface area contributed by atoms with E-state index in [1.807, 2.05) is 30.3 Å². The van der Waals surface area contributed by atoms with Gasteiger partial charge >= 0.3 is 0 Å². The molecule has 1 aliphatic heterocycles. The lowest BCUT2D eigenvalue weighted by Crippen LogP contribution is -2.27. The van der Waals surface area contributed by atoms with Gasteiger partial charge in [-0.2, -0.15) is 0 Å². The van der Waals surface area contributed by atoms with E-state index >= 15 is 0 Å². The maximum absolute atomic E-state index is 12.5. The number of thioether (sulfide) groups is 1. The largest absolute Gasteiger partial charge is 0.506 e. The van der Waals surface area contributed by atoms with Gasteiger partial charge in [-0.1, -0.05) is 57.9 Å². The zero-order valence-corrected chi connectivity index (χ0v) is 15.4. The lowest BCUT2D eigenvalue weighted by Gasteiger charge is -2.12. The van der Waals surface area contributed by atoms with E-state index in [1.54, 1.807) is 12.1 Å². The number of benzene rings is 2. The second-order valence-corrected chi connectivity index (χ2v) is 7.39. The van der Waals surface area contributed by atoms with Crippen LogP contribution in [-0.2, 0) is 11.3 Å². The van der Waals surface area contributed by atoms with Crippen molar-refractivity contribution in [1.82, 2.24) is 4.90 Å². The fraction of sp³-hybridized carbons (Fsp3) is 0.0588. The predicted molar refractivity (Wildman–Crippen MR) is 98.8 cm³/mol. The van der Waals surface area contributed by atoms with E-state index in [2.05, 4.69) is 15.9 Å². The number of carbonyl (C=O) groups excluding carboxylic acids is 2. The van der Waals surface area contributed by atoms with Crippen molar-refractivity contribution < 1.29 is 14.7 Å². The monoisotopic (exact) mass is 423 g/mol. The van der Waals surface area contributed by atoms with Crippen molar-refractivity contribution in [3.8, 4) is 5.75 Å². The average Bonchev–Trinajstić information content (AvgIpc) is 2.81. The lowest BCUT2D eigenvalue weighted by molar-refractivity contribution is -0.123. The van der Waals surface area contributed by atoms with Crippen LogP contribution in [0.25, 0.3) is 6.08 Å². The molecule has 1 saturated heterocycles. The predicted octanol–water partition coefficient (Wildman–Crippen LogP) is 5.04. The van der Waals surface area contributed by atoms with Gasteiger partial charge in [-0.15, -0.1) is 0 Å². The zero-order valence-electron chi connectivity index (χ0n) is 12.2. The van der Waals surface area contributed by atoms with E-state index in [4.69, 9.17) is 11.6 Å². The van der Waals surface area contributed by atoms with Crippen LogP contribution >= 0.6 is 39.3 Å². The summed E-state index contributed by atoms with van der Waals surface area (Å²) in [5.41, 5.74) is 1.24. The molecule has 0 aromatic heterocycles. The van der Waals surface area contributed by atoms with Crippen LogP contribution in [0.4, 0.5) is 4.79 Å². The van der Waals surface area contributed by atoms with Gasteiger partial charge in [-0.05, 0) is 35.5 Å². The van der Waals surface area contributed by atoms with Crippen molar-refractivity contribution in [2.24, 2.45) is 0 Å². The molecule has 122 valence electrons. The summed E-state index contributed by atoms with van der Waals surface area (Å²) in [4.78, 5) is 26.1. The van der Waals surface area contributed by atoms with Gasteiger partial charge in [-0.25, -0.2) is 0 Å². The summed E-state index contributed by atoms with van der Waals surface area (Å²) in [6.45, 7) is 0.216. The average molecular weight is 425 g/mol.